The summed E-state index contributed by atoms with van der Waals surface area (Å²) in [5.41, 5.74) is 3.86. The summed E-state index contributed by atoms with van der Waals surface area (Å²) in [7, 11) is 3.85. The van der Waals surface area contributed by atoms with E-state index in [1.54, 1.807) is 12.4 Å². The molecule has 2 aromatic heterocycles. The number of amides is 1. The number of para-hydroxylation sites is 1. The average molecular weight is 447 g/mol. The Hall–Kier alpha value is -3.55. The largest absolute Gasteiger partial charge is 0.493 e. The van der Waals surface area contributed by atoms with Crippen LogP contribution in [0.3, 0.4) is 0 Å². The van der Waals surface area contributed by atoms with Gasteiger partial charge in [0.15, 0.2) is 0 Å². The molecule has 0 N–H and O–H groups in total. The van der Waals surface area contributed by atoms with Crippen LogP contribution in [0.2, 0.25) is 0 Å². The standard InChI is InChI=1S/C25H30N6O2/c1-18-7-4-5-8-22(18)33-12-6-9-23(32)31-11-10-19(16-31)24-21(20-13-26-17-27-14-20)15-28-25(29-24)30(2)3/h4-5,7-8,13-15,17,19H,6,9-12,16H2,1-3H3/t19-/m1/s1. The van der Waals surface area contributed by atoms with Crippen LogP contribution in [0.4, 0.5) is 5.95 Å². The van der Waals surface area contributed by atoms with Gasteiger partial charge in [0.1, 0.15) is 12.1 Å². The molecule has 0 radical (unpaired) electrons. The second-order valence-electron chi connectivity index (χ2n) is 8.53. The Morgan fingerprint density at radius 1 is 1.18 bits per heavy atom. The van der Waals surface area contributed by atoms with Crippen LogP contribution >= 0.6 is 0 Å². The van der Waals surface area contributed by atoms with Crippen LogP contribution in [-0.2, 0) is 4.79 Å². The summed E-state index contributed by atoms with van der Waals surface area (Å²) >= 11 is 0. The van der Waals surface area contributed by atoms with Crippen LogP contribution in [0.15, 0.2) is 49.2 Å². The predicted octanol–water partition coefficient (Wildman–Crippen LogP) is 3.48. The van der Waals surface area contributed by atoms with Gasteiger partial charge >= 0.3 is 0 Å². The molecule has 1 atom stereocenters. The van der Waals surface area contributed by atoms with Crippen molar-refractivity contribution in [3.8, 4) is 16.9 Å². The smallest absolute Gasteiger partial charge is 0.225 e. The Morgan fingerprint density at radius 2 is 1.97 bits per heavy atom. The molecule has 0 bridgehead atoms. The number of anilines is 1. The molecule has 1 aliphatic heterocycles. The highest BCUT2D eigenvalue weighted by Gasteiger charge is 2.30. The van der Waals surface area contributed by atoms with Gasteiger partial charge in [-0.1, -0.05) is 18.2 Å². The summed E-state index contributed by atoms with van der Waals surface area (Å²) in [5.74, 6) is 1.85. The molecule has 0 spiro atoms. The van der Waals surface area contributed by atoms with E-state index >= 15 is 0 Å². The topological polar surface area (TPSA) is 84.3 Å². The molecule has 8 heteroatoms. The van der Waals surface area contributed by atoms with E-state index in [9.17, 15) is 4.79 Å². The molecule has 33 heavy (non-hydrogen) atoms. The second-order valence-corrected chi connectivity index (χ2v) is 8.53. The minimum atomic E-state index is 0.147. The molecule has 1 amide bonds. The van der Waals surface area contributed by atoms with Crippen LogP contribution in [0, 0.1) is 6.92 Å². The van der Waals surface area contributed by atoms with Gasteiger partial charge in [-0.05, 0) is 31.4 Å². The van der Waals surface area contributed by atoms with Crippen LogP contribution in [0.25, 0.3) is 11.1 Å². The molecule has 1 aromatic carbocycles. The molecule has 1 saturated heterocycles. The van der Waals surface area contributed by atoms with E-state index < -0.39 is 0 Å². The molecule has 8 nitrogen and oxygen atoms in total. The van der Waals surface area contributed by atoms with Crippen molar-refractivity contribution in [2.24, 2.45) is 0 Å². The van der Waals surface area contributed by atoms with Gasteiger partial charge in [-0.3, -0.25) is 4.79 Å². The van der Waals surface area contributed by atoms with Gasteiger partial charge in [0, 0.05) is 69.2 Å². The zero-order valence-corrected chi connectivity index (χ0v) is 19.4. The third kappa shape index (κ3) is 5.45. The monoisotopic (exact) mass is 446 g/mol. The highest BCUT2D eigenvalue weighted by Crippen LogP contribution is 2.34. The number of aryl methyl sites for hydroxylation is 1. The van der Waals surface area contributed by atoms with Crippen molar-refractivity contribution in [2.75, 3.05) is 38.7 Å². The number of nitrogens with zero attached hydrogens (tertiary/aromatic N) is 6. The van der Waals surface area contributed by atoms with Gasteiger partial charge in [0.2, 0.25) is 11.9 Å². The summed E-state index contributed by atoms with van der Waals surface area (Å²) < 4.78 is 5.84. The molecular formula is C25H30N6O2. The molecular weight excluding hydrogens is 416 g/mol. The van der Waals surface area contributed by atoms with E-state index in [-0.39, 0.29) is 11.8 Å². The molecule has 0 aliphatic carbocycles. The lowest BCUT2D eigenvalue weighted by Gasteiger charge is -2.19. The maximum atomic E-state index is 12.8. The number of likely N-dealkylation sites (tertiary alicyclic amines) is 1. The number of rotatable bonds is 8. The predicted molar refractivity (Wildman–Crippen MR) is 127 cm³/mol. The van der Waals surface area contributed by atoms with E-state index in [2.05, 4.69) is 15.0 Å². The van der Waals surface area contributed by atoms with Gasteiger partial charge < -0.3 is 14.5 Å². The Morgan fingerprint density at radius 3 is 2.73 bits per heavy atom. The fraction of sp³-hybridized carbons (Fsp3) is 0.400. The minimum absolute atomic E-state index is 0.147. The first kappa shape index (κ1) is 22.6. The third-order valence-electron chi connectivity index (χ3n) is 5.89. The van der Waals surface area contributed by atoms with Gasteiger partial charge in [0.25, 0.3) is 0 Å². The van der Waals surface area contributed by atoms with Gasteiger partial charge in [-0.25, -0.2) is 19.9 Å². The van der Waals surface area contributed by atoms with Crippen molar-refractivity contribution in [1.82, 2.24) is 24.8 Å². The first-order valence-corrected chi connectivity index (χ1v) is 11.3. The van der Waals surface area contributed by atoms with Gasteiger partial charge in [0.05, 0.1) is 12.3 Å². The maximum absolute atomic E-state index is 12.8. The number of ether oxygens (including phenoxy) is 1. The molecule has 3 heterocycles. The minimum Gasteiger partial charge on any atom is -0.493 e. The van der Waals surface area contributed by atoms with Crippen LogP contribution in [-0.4, -0.2) is 64.5 Å². The Labute approximate surface area is 194 Å². The van der Waals surface area contributed by atoms with E-state index in [1.807, 2.05) is 61.3 Å². The lowest BCUT2D eigenvalue weighted by Crippen LogP contribution is -2.28. The number of aromatic nitrogens is 4. The molecule has 4 rings (SSSR count). The number of benzene rings is 1. The number of hydrogen-bond donors (Lipinski definition) is 0. The van der Waals surface area contributed by atoms with Crippen molar-refractivity contribution in [2.45, 2.75) is 32.1 Å². The Balaban J connectivity index is 1.39. The van der Waals surface area contributed by atoms with Crippen LogP contribution < -0.4 is 9.64 Å². The maximum Gasteiger partial charge on any atom is 0.225 e. The summed E-state index contributed by atoms with van der Waals surface area (Å²) in [6.07, 6.45) is 8.94. The summed E-state index contributed by atoms with van der Waals surface area (Å²) in [6, 6.07) is 7.93. The van der Waals surface area contributed by atoms with E-state index in [0.717, 1.165) is 41.1 Å². The molecule has 172 valence electrons. The van der Waals surface area contributed by atoms with Crippen molar-refractivity contribution in [3.63, 3.8) is 0 Å². The van der Waals surface area contributed by atoms with Crippen molar-refractivity contribution < 1.29 is 9.53 Å². The average Bonchev–Trinajstić information content (AvgIpc) is 3.33. The highest BCUT2D eigenvalue weighted by atomic mass is 16.5. The lowest BCUT2D eigenvalue weighted by molar-refractivity contribution is -0.130. The SMILES string of the molecule is Cc1ccccc1OCCCC(=O)N1CC[C@@H](c2nc(N(C)C)ncc2-c2cncnc2)C1. The number of hydrogen-bond acceptors (Lipinski definition) is 7. The zero-order valence-electron chi connectivity index (χ0n) is 19.4. The molecule has 1 aliphatic rings. The van der Waals surface area contributed by atoms with Crippen molar-refractivity contribution >= 4 is 11.9 Å². The molecule has 1 fully saturated rings. The first-order valence-electron chi connectivity index (χ1n) is 11.3. The van der Waals surface area contributed by atoms with E-state index in [1.165, 1.54) is 6.33 Å². The van der Waals surface area contributed by atoms with E-state index in [0.29, 0.717) is 31.9 Å². The van der Waals surface area contributed by atoms with Gasteiger partial charge in [-0.2, -0.15) is 0 Å². The number of carbonyl (C=O) groups is 1. The zero-order chi connectivity index (χ0) is 23.2. The summed E-state index contributed by atoms with van der Waals surface area (Å²) in [6.45, 7) is 3.94. The van der Waals surface area contributed by atoms with Crippen LogP contribution in [0.1, 0.15) is 36.4 Å². The molecule has 0 saturated carbocycles. The molecule has 3 aromatic rings. The highest BCUT2D eigenvalue weighted by molar-refractivity contribution is 5.76. The second kappa shape index (κ2) is 10.4. The lowest BCUT2D eigenvalue weighted by atomic mass is 9.97. The third-order valence-corrected chi connectivity index (χ3v) is 5.89. The molecule has 0 unspecified atom stereocenters. The summed E-state index contributed by atoms with van der Waals surface area (Å²) in [4.78, 5) is 34.3. The normalized spacial score (nSPS) is 15.5. The number of carbonyl (C=O) groups excluding carboxylic acids is 1. The summed E-state index contributed by atoms with van der Waals surface area (Å²) in [5, 5.41) is 0. The Kier molecular flexibility index (Phi) is 7.12. The van der Waals surface area contributed by atoms with Gasteiger partial charge in [-0.15, -0.1) is 0 Å². The van der Waals surface area contributed by atoms with Crippen LogP contribution in [0.5, 0.6) is 5.75 Å². The first-order chi connectivity index (χ1) is 16.0. The van der Waals surface area contributed by atoms with Crippen molar-refractivity contribution in [1.29, 1.82) is 0 Å². The quantitative estimate of drug-likeness (QED) is 0.490. The fourth-order valence-corrected chi connectivity index (χ4v) is 4.06. The van der Waals surface area contributed by atoms with E-state index in [4.69, 9.17) is 9.72 Å². The Bertz CT molecular complexity index is 1090. The van der Waals surface area contributed by atoms with Crippen molar-refractivity contribution in [3.05, 3.63) is 60.4 Å². The fourth-order valence-electron chi connectivity index (χ4n) is 4.06.